The van der Waals surface area contributed by atoms with Crippen molar-refractivity contribution >= 4 is 5.91 Å². The Morgan fingerprint density at radius 1 is 1.42 bits per heavy atom. The number of aliphatic hydroxyl groups excluding tert-OH is 2. The smallest absolute Gasteiger partial charge is 0.252 e. The van der Waals surface area contributed by atoms with Crippen molar-refractivity contribution in [3.8, 4) is 0 Å². The molecule has 2 aliphatic rings. The minimum atomic E-state index is -1.32. The fraction of sp³-hybridized carbons (Fsp3) is 0.923. The van der Waals surface area contributed by atoms with Gasteiger partial charge in [0.1, 0.15) is 0 Å². The number of primary amides is 1. The van der Waals surface area contributed by atoms with Gasteiger partial charge in [0.15, 0.2) is 5.60 Å². The van der Waals surface area contributed by atoms with Crippen LogP contribution in [0.2, 0.25) is 0 Å². The van der Waals surface area contributed by atoms with E-state index >= 15 is 0 Å². The number of hydrogen-bond acceptors (Lipinski definition) is 5. The summed E-state index contributed by atoms with van der Waals surface area (Å²) in [5, 5.41) is 19.4. The lowest BCUT2D eigenvalue weighted by Crippen LogP contribution is -2.65. The lowest BCUT2D eigenvalue weighted by atomic mass is 9.75. The Bertz CT molecular complexity index is 337. The van der Waals surface area contributed by atoms with Gasteiger partial charge >= 0.3 is 0 Å². The van der Waals surface area contributed by atoms with Crippen molar-refractivity contribution in [2.45, 2.75) is 56.0 Å². The number of carbonyl (C=O) groups excluding carboxylic acids is 1. The molecule has 0 aromatic carbocycles. The van der Waals surface area contributed by atoms with E-state index < -0.39 is 29.8 Å². The van der Waals surface area contributed by atoms with Gasteiger partial charge in [-0.25, -0.2) is 0 Å². The van der Waals surface area contributed by atoms with Crippen LogP contribution in [0.4, 0.5) is 0 Å². The van der Waals surface area contributed by atoms with E-state index in [4.69, 9.17) is 15.2 Å². The molecule has 2 rings (SSSR count). The van der Waals surface area contributed by atoms with Gasteiger partial charge in [-0.05, 0) is 25.7 Å². The zero-order valence-corrected chi connectivity index (χ0v) is 11.2. The molecule has 1 heterocycles. The molecule has 19 heavy (non-hydrogen) atoms. The molecule has 4 N–H and O–H groups in total. The first kappa shape index (κ1) is 14.7. The minimum Gasteiger partial charge on any atom is -0.394 e. The van der Waals surface area contributed by atoms with Crippen molar-refractivity contribution in [1.82, 2.24) is 0 Å². The van der Waals surface area contributed by atoms with Gasteiger partial charge in [-0.1, -0.05) is 6.42 Å². The topological polar surface area (TPSA) is 102 Å². The van der Waals surface area contributed by atoms with Gasteiger partial charge in [-0.3, -0.25) is 4.79 Å². The predicted octanol–water partition coefficient (Wildman–Crippen LogP) is -0.442. The number of ether oxygens (including phenoxy) is 2. The summed E-state index contributed by atoms with van der Waals surface area (Å²) in [6, 6.07) is 0. The molecule has 5 atom stereocenters. The summed E-state index contributed by atoms with van der Waals surface area (Å²) < 4.78 is 11.2. The zero-order chi connectivity index (χ0) is 14.0. The Labute approximate surface area is 112 Å². The van der Waals surface area contributed by atoms with Crippen molar-refractivity contribution in [2.24, 2.45) is 11.7 Å². The Morgan fingerprint density at radius 2 is 2.16 bits per heavy atom. The van der Waals surface area contributed by atoms with Crippen LogP contribution < -0.4 is 5.73 Å². The van der Waals surface area contributed by atoms with Crippen LogP contribution >= 0.6 is 0 Å². The second kappa shape index (κ2) is 5.75. The van der Waals surface area contributed by atoms with E-state index in [-0.39, 0.29) is 12.5 Å². The highest BCUT2D eigenvalue weighted by atomic mass is 16.6. The third kappa shape index (κ3) is 2.38. The highest BCUT2D eigenvalue weighted by Crippen LogP contribution is 2.44. The predicted molar refractivity (Wildman–Crippen MR) is 67.3 cm³/mol. The van der Waals surface area contributed by atoms with Crippen molar-refractivity contribution in [1.29, 1.82) is 0 Å². The van der Waals surface area contributed by atoms with E-state index in [9.17, 15) is 15.0 Å². The molecular weight excluding hydrogens is 250 g/mol. The molecule has 0 radical (unpaired) electrons. The molecule has 1 saturated heterocycles. The number of hydrogen-bond donors (Lipinski definition) is 3. The Kier molecular flexibility index (Phi) is 4.45. The molecular formula is C13H23NO5. The second-order valence-corrected chi connectivity index (χ2v) is 5.49. The SMILES string of the molecule is COC1CCC(CO)OC1(C(N)=O)[C@H]1CCC[C@@H]1O. The number of aliphatic hydroxyl groups is 2. The van der Waals surface area contributed by atoms with Crippen molar-refractivity contribution < 1.29 is 24.5 Å². The van der Waals surface area contributed by atoms with Crippen LogP contribution in [0.25, 0.3) is 0 Å². The van der Waals surface area contributed by atoms with Crippen LogP contribution in [0, 0.1) is 5.92 Å². The van der Waals surface area contributed by atoms with Crippen LogP contribution in [-0.4, -0.2) is 53.7 Å². The molecule has 0 aromatic heterocycles. The summed E-state index contributed by atoms with van der Waals surface area (Å²) in [5.41, 5.74) is 4.27. The average Bonchev–Trinajstić information content (AvgIpc) is 2.84. The molecule has 1 amide bonds. The van der Waals surface area contributed by atoms with Gasteiger partial charge in [0.25, 0.3) is 5.91 Å². The Morgan fingerprint density at radius 3 is 2.63 bits per heavy atom. The first-order chi connectivity index (χ1) is 9.06. The third-order valence-corrected chi connectivity index (χ3v) is 4.49. The number of carbonyl (C=O) groups is 1. The first-order valence-corrected chi connectivity index (χ1v) is 6.85. The molecule has 110 valence electrons. The van der Waals surface area contributed by atoms with E-state index in [2.05, 4.69) is 0 Å². The number of amides is 1. The summed E-state index contributed by atoms with van der Waals surface area (Å²) in [5.74, 6) is -0.965. The van der Waals surface area contributed by atoms with Crippen LogP contribution in [0.1, 0.15) is 32.1 Å². The van der Waals surface area contributed by atoms with Gasteiger partial charge in [-0.15, -0.1) is 0 Å². The zero-order valence-electron chi connectivity index (χ0n) is 11.2. The van der Waals surface area contributed by atoms with Gasteiger partial charge < -0.3 is 25.4 Å². The maximum Gasteiger partial charge on any atom is 0.252 e. The number of rotatable bonds is 4. The monoisotopic (exact) mass is 273 g/mol. The van der Waals surface area contributed by atoms with E-state index in [0.717, 1.165) is 6.42 Å². The second-order valence-electron chi connectivity index (χ2n) is 5.49. The molecule has 2 fully saturated rings. The van der Waals surface area contributed by atoms with E-state index in [1.54, 1.807) is 0 Å². The fourth-order valence-electron chi connectivity index (χ4n) is 3.55. The Hall–Kier alpha value is -0.690. The van der Waals surface area contributed by atoms with Crippen LogP contribution in [0.15, 0.2) is 0 Å². The normalized spacial score (nSPS) is 43.3. The maximum atomic E-state index is 12.1. The summed E-state index contributed by atoms with van der Waals surface area (Å²) >= 11 is 0. The summed E-state index contributed by atoms with van der Waals surface area (Å²) in [6.45, 7) is -0.158. The largest absolute Gasteiger partial charge is 0.394 e. The highest BCUT2D eigenvalue weighted by Gasteiger charge is 2.58. The van der Waals surface area contributed by atoms with E-state index in [0.29, 0.717) is 25.7 Å². The first-order valence-electron chi connectivity index (χ1n) is 6.85. The molecule has 1 saturated carbocycles. The lowest BCUT2D eigenvalue weighted by molar-refractivity contribution is -0.231. The summed E-state index contributed by atoms with van der Waals surface area (Å²) in [6.07, 6.45) is 1.87. The minimum absolute atomic E-state index is 0.158. The van der Waals surface area contributed by atoms with Crippen LogP contribution in [-0.2, 0) is 14.3 Å². The van der Waals surface area contributed by atoms with E-state index in [1.165, 1.54) is 7.11 Å². The number of nitrogens with two attached hydrogens (primary N) is 1. The molecule has 0 spiro atoms. The Balaban J connectivity index is 2.35. The van der Waals surface area contributed by atoms with Gasteiger partial charge in [0, 0.05) is 13.0 Å². The van der Waals surface area contributed by atoms with Crippen molar-refractivity contribution in [3.63, 3.8) is 0 Å². The van der Waals surface area contributed by atoms with Crippen LogP contribution in [0.3, 0.4) is 0 Å². The quantitative estimate of drug-likeness (QED) is 0.644. The fourth-order valence-corrected chi connectivity index (χ4v) is 3.55. The summed E-state index contributed by atoms with van der Waals surface area (Å²) in [4.78, 5) is 12.1. The van der Waals surface area contributed by atoms with Gasteiger partial charge in [0.05, 0.1) is 24.9 Å². The standard InChI is InChI=1S/C13H23NO5/c1-18-11-6-5-8(7-15)19-13(11,12(14)17)9-3-2-4-10(9)16/h8-11,15-16H,2-7H2,1H3,(H2,14,17)/t8?,9-,10-,11?,13?/m0/s1. The van der Waals surface area contributed by atoms with Gasteiger partial charge in [-0.2, -0.15) is 0 Å². The highest BCUT2D eigenvalue weighted by molar-refractivity contribution is 5.85. The van der Waals surface area contributed by atoms with E-state index in [1.807, 2.05) is 0 Å². The summed E-state index contributed by atoms with van der Waals surface area (Å²) in [7, 11) is 1.52. The third-order valence-electron chi connectivity index (χ3n) is 4.49. The molecule has 3 unspecified atom stereocenters. The molecule has 0 aromatic rings. The maximum absolute atomic E-state index is 12.1. The number of methoxy groups -OCH3 is 1. The molecule has 6 nitrogen and oxygen atoms in total. The molecule has 1 aliphatic heterocycles. The van der Waals surface area contributed by atoms with Crippen molar-refractivity contribution in [3.05, 3.63) is 0 Å². The van der Waals surface area contributed by atoms with Crippen LogP contribution in [0.5, 0.6) is 0 Å². The lowest BCUT2D eigenvalue weighted by Gasteiger charge is -2.47. The van der Waals surface area contributed by atoms with Crippen molar-refractivity contribution in [2.75, 3.05) is 13.7 Å². The van der Waals surface area contributed by atoms with Gasteiger partial charge in [0.2, 0.25) is 0 Å². The molecule has 1 aliphatic carbocycles. The average molecular weight is 273 g/mol. The molecule has 0 bridgehead atoms. The molecule has 6 heteroatoms.